The van der Waals surface area contributed by atoms with E-state index < -0.39 is 0 Å². The first-order chi connectivity index (χ1) is 7.84. The minimum atomic E-state index is 0.714. The number of aromatic nitrogens is 3. The van der Waals surface area contributed by atoms with Crippen molar-refractivity contribution in [3.8, 4) is 11.5 Å². The Morgan fingerprint density at radius 1 is 1.12 bits per heavy atom. The maximum absolute atomic E-state index is 4.37. The third-order valence-electron chi connectivity index (χ3n) is 2.29. The average molecular weight is 339 g/mol. The van der Waals surface area contributed by atoms with Crippen LogP contribution < -0.4 is 0 Å². The minimum absolute atomic E-state index is 0.714. The van der Waals surface area contributed by atoms with Crippen LogP contribution in [0.25, 0.3) is 22.3 Å². The Bertz CT molecular complexity index is 645. The number of fused-ring (bicyclic) bond motifs is 1. The minimum Gasteiger partial charge on any atom is -0.252 e. The summed E-state index contributed by atoms with van der Waals surface area (Å²) in [5.41, 5.74) is 0.859. The molecule has 0 saturated carbocycles. The van der Waals surface area contributed by atoms with E-state index in [4.69, 9.17) is 0 Å². The Kier molecular flexibility index (Phi) is 2.56. The molecule has 0 saturated heterocycles. The van der Waals surface area contributed by atoms with Gasteiger partial charge in [0, 0.05) is 11.6 Å². The lowest BCUT2D eigenvalue weighted by Crippen LogP contribution is -1.87. The van der Waals surface area contributed by atoms with Crippen LogP contribution in [0.15, 0.2) is 36.5 Å². The fraction of sp³-hybridized carbons (Fsp3) is 0. The van der Waals surface area contributed by atoms with E-state index in [0.29, 0.717) is 5.82 Å². The van der Waals surface area contributed by atoms with Crippen LogP contribution >= 0.6 is 34.1 Å². The zero-order chi connectivity index (χ0) is 11.0. The maximum Gasteiger partial charge on any atom is 0.193 e. The van der Waals surface area contributed by atoms with Gasteiger partial charge in [0.2, 0.25) is 0 Å². The summed E-state index contributed by atoms with van der Waals surface area (Å²) < 4.78 is 5.23. The van der Waals surface area contributed by atoms with Crippen molar-refractivity contribution in [2.75, 3.05) is 0 Å². The SMILES string of the molecule is Ic1nc(-c2nccc3ccccc23)ns1. The highest BCUT2D eigenvalue weighted by Gasteiger charge is 2.09. The van der Waals surface area contributed by atoms with Crippen LogP contribution in [0.1, 0.15) is 0 Å². The number of halogens is 1. The molecule has 0 N–H and O–H groups in total. The molecule has 0 aliphatic heterocycles. The van der Waals surface area contributed by atoms with Crippen molar-refractivity contribution in [2.24, 2.45) is 0 Å². The van der Waals surface area contributed by atoms with Crippen molar-refractivity contribution in [1.29, 1.82) is 0 Å². The average Bonchev–Trinajstić information content (AvgIpc) is 2.75. The number of pyridine rings is 1. The van der Waals surface area contributed by atoms with E-state index in [9.17, 15) is 0 Å². The van der Waals surface area contributed by atoms with E-state index in [1.165, 1.54) is 11.5 Å². The summed E-state index contributed by atoms with van der Waals surface area (Å²) in [5, 5.41) is 2.26. The van der Waals surface area contributed by atoms with Gasteiger partial charge < -0.3 is 0 Å². The third kappa shape index (κ3) is 1.69. The Morgan fingerprint density at radius 3 is 2.81 bits per heavy atom. The largest absolute Gasteiger partial charge is 0.252 e. The van der Waals surface area contributed by atoms with Crippen LogP contribution in [-0.2, 0) is 0 Å². The van der Waals surface area contributed by atoms with Gasteiger partial charge in [0.1, 0.15) is 5.69 Å². The predicted molar refractivity (Wildman–Crippen MR) is 73.4 cm³/mol. The maximum atomic E-state index is 4.37. The summed E-state index contributed by atoms with van der Waals surface area (Å²) in [5.74, 6) is 0.714. The molecule has 0 amide bonds. The van der Waals surface area contributed by atoms with Crippen LogP contribution in [0.3, 0.4) is 0 Å². The first-order valence-corrected chi connectivity index (χ1v) is 6.53. The normalized spacial score (nSPS) is 10.8. The number of benzene rings is 1. The first-order valence-electron chi connectivity index (χ1n) is 4.68. The van der Waals surface area contributed by atoms with E-state index in [-0.39, 0.29) is 0 Å². The molecule has 0 unspecified atom stereocenters. The lowest BCUT2D eigenvalue weighted by atomic mass is 10.1. The van der Waals surface area contributed by atoms with Gasteiger partial charge >= 0.3 is 0 Å². The first kappa shape index (κ1) is 10.1. The Balaban J connectivity index is 2.31. The topological polar surface area (TPSA) is 38.7 Å². The van der Waals surface area contributed by atoms with Crippen molar-refractivity contribution < 1.29 is 0 Å². The Morgan fingerprint density at radius 2 is 2.00 bits per heavy atom. The summed E-state index contributed by atoms with van der Waals surface area (Å²) in [4.78, 5) is 8.73. The van der Waals surface area contributed by atoms with Crippen molar-refractivity contribution >= 4 is 44.9 Å². The van der Waals surface area contributed by atoms with Crippen LogP contribution in [0.5, 0.6) is 0 Å². The van der Waals surface area contributed by atoms with Gasteiger partial charge in [-0.25, -0.2) is 4.98 Å². The Labute approximate surface area is 110 Å². The zero-order valence-corrected chi connectivity index (χ0v) is 11.1. The van der Waals surface area contributed by atoms with Crippen molar-refractivity contribution in [2.45, 2.75) is 0 Å². The summed E-state index contributed by atoms with van der Waals surface area (Å²) in [6.07, 6.45) is 1.80. The summed E-state index contributed by atoms with van der Waals surface area (Å²) in [6.45, 7) is 0. The molecule has 0 radical (unpaired) electrons. The zero-order valence-electron chi connectivity index (χ0n) is 8.09. The number of hydrogen-bond donors (Lipinski definition) is 0. The van der Waals surface area contributed by atoms with Crippen LogP contribution in [0.2, 0.25) is 0 Å². The second kappa shape index (κ2) is 4.06. The highest BCUT2D eigenvalue weighted by Crippen LogP contribution is 2.25. The lowest BCUT2D eigenvalue weighted by Gasteiger charge is -2.00. The molecule has 16 heavy (non-hydrogen) atoms. The van der Waals surface area contributed by atoms with Gasteiger partial charge in [0.25, 0.3) is 0 Å². The third-order valence-corrected chi connectivity index (χ3v) is 3.62. The molecule has 0 fully saturated rings. The highest BCUT2D eigenvalue weighted by atomic mass is 127. The van der Waals surface area contributed by atoms with Crippen molar-refractivity contribution in [1.82, 2.24) is 14.3 Å². The van der Waals surface area contributed by atoms with Gasteiger partial charge in [0.15, 0.2) is 8.84 Å². The smallest absolute Gasteiger partial charge is 0.193 e. The van der Waals surface area contributed by atoms with Gasteiger partial charge in [0.05, 0.1) is 0 Å². The summed E-state index contributed by atoms with van der Waals surface area (Å²) >= 11 is 3.56. The van der Waals surface area contributed by atoms with E-state index in [0.717, 1.165) is 19.5 Å². The molecule has 5 heteroatoms. The fourth-order valence-electron chi connectivity index (χ4n) is 1.60. The van der Waals surface area contributed by atoms with E-state index in [2.05, 4.69) is 43.0 Å². The molecular formula is C11H6IN3S. The van der Waals surface area contributed by atoms with Gasteiger partial charge in [-0.2, -0.15) is 4.37 Å². The van der Waals surface area contributed by atoms with Crippen molar-refractivity contribution in [3.05, 3.63) is 39.5 Å². The van der Waals surface area contributed by atoms with Crippen molar-refractivity contribution in [3.63, 3.8) is 0 Å². The van der Waals surface area contributed by atoms with Crippen LogP contribution in [0.4, 0.5) is 0 Å². The Hall–Kier alpha value is -1.08. The molecule has 3 rings (SSSR count). The lowest BCUT2D eigenvalue weighted by molar-refractivity contribution is 1.24. The molecule has 2 aromatic heterocycles. The molecule has 0 aliphatic carbocycles. The van der Waals surface area contributed by atoms with Gasteiger partial charge in [-0.15, -0.1) is 0 Å². The monoisotopic (exact) mass is 339 g/mol. The van der Waals surface area contributed by atoms with E-state index in [1.54, 1.807) is 6.20 Å². The molecule has 2 heterocycles. The predicted octanol–water partition coefficient (Wildman–Crippen LogP) is 3.36. The summed E-state index contributed by atoms with van der Waals surface area (Å²) in [6, 6.07) is 10.1. The molecule has 3 nitrogen and oxygen atoms in total. The molecule has 0 bridgehead atoms. The van der Waals surface area contributed by atoms with Gasteiger partial charge in [-0.05, 0) is 45.6 Å². The quantitative estimate of drug-likeness (QED) is 0.638. The molecule has 1 aromatic carbocycles. The standard InChI is InChI=1S/C11H6IN3S/c12-11-14-10(15-16-11)9-8-4-2-1-3-7(8)5-6-13-9/h1-6H. The molecule has 3 aromatic rings. The number of rotatable bonds is 1. The van der Waals surface area contributed by atoms with Gasteiger partial charge in [-0.1, -0.05) is 24.3 Å². The molecule has 0 atom stereocenters. The summed E-state index contributed by atoms with van der Waals surface area (Å²) in [7, 11) is 0. The number of hydrogen-bond acceptors (Lipinski definition) is 4. The van der Waals surface area contributed by atoms with E-state index in [1.807, 2.05) is 24.3 Å². The van der Waals surface area contributed by atoms with Crippen LogP contribution in [-0.4, -0.2) is 14.3 Å². The van der Waals surface area contributed by atoms with Crippen LogP contribution in [0, 0.1) is 3.01 Å². The van der Waals surface area contributed by atoms with E-state index >= 15 is 0 Å². The van der Waals surface area contributed by atoms with Gasteiger partial charge in [-0.3, -0.25) is 4.98 Å². The molecular weight excluding hydrogens is 333 g/mol. The molecule has 0 aliphatic rings. The molecule has 0 spiro atoms. The fourth-order valence-corrected chi connectivity index (χ4v) is 2.54. The highest BCUT2D eigenvalue weighted by molar-refractivity contribution is 14.1. The number of nitrogens with zero attached hydrogens (tertiary/aromatic N) is 3. The molecule has 78 valence electrons. The second-order valence-corrected chi connectivity index (χ2v) is 5.76. The second-order valence-electron chi connectivity index (χ2n) is 3.25.